The Morgan fingerprint density at radius 2 is 1.91 bits per heavy atom. The van der Waals surface area contributed by atoms with Crippen LogP contribution in [0, 0.1) is 5.41 Å². The average molecular weight is 440 g/mol. The second-order valence-electron chi connectivity index (χ2n) is 9.87. The molecule has 0 N–H and O–H groups in total. The van der Waals surface area contributed by atoms with Gasteiger partial charge in [0.2, 0.25) is 0 Å². The quantitative estimate of drug-likeness (QED) is 0.478. The molecule has 4 rings (SSSR count). The Bertz CT molecular complexity index is 1140. The number of methoxy groups -OCH3 is 1. The number of aromatic nitrogens is 2. The van der Waals surface area contributed by atoms with E-state index in [1.54, 1.807) is 24.1 Å². The first-order chi connectivity index (χ1) is 15.2. The summed E-state index contributed by atoms with van der Waals surface area (Å²) >= 11 is 0. The molecule has 0 saturated heterocycles. The Kier molecular flexibility index (Phi) is 5.79. The van der Waals surface area contributed by atoms with Crippen LogP contribution in [0.3, 0.4) is 0 Å². The van der Waals surface area contributed by atoms with Gasteiger partial charge in [-0.1, -0.05) is 20.8 Å². The fraction of sp³-hybridized carbons (Fsp3) is 0.520. The first kappa shape index (κ1) is 22.4. The molecule has 2 aromatic heterocycles. The second kappa shape index (κ2) is 8.28. The lowest BCUT2D eigenvalue weighted by molar-refractivity contribution is 0.0126. The lowest BCUT2D eigenvalue weighted by Gasteiger charge is -2.30. The van der Waals surface area contributed by atoms with E-state index < -0.39 is 5.60 Å². The molecule has 7 nitrogen and oxygen atoms in total. The van der Waals surface area contributed by atoms with Crippen molar-refractivity contribution >= 4 is 27.9 Å². The van der Waals surface area contributed by atoms with Crippen molar-refractivity contribution in [2.24, 2.45) is 5.41 Å². The van der Waals surface area contributed by atoms with Crippen molar-refractivity contribution in [2.45, 2.75) is 45.6 Å². The largest absolute Gasteiger partial charge is 0.493 e. The minimum atomic E-state index is -0.419. The van der Waals surface area contributed by atoms with Gasteiger partial charge in [-0.3, -0.25) is 4.98 Å². The van der Waals surface area contributed by atoms with Crippen LogP contribution in [0.25, 0.3) is 21.8 Å². The summed E-state index contributed by atoms with van der Waals surface area (Å²) in [5, 5.41) is 1.75. The van der Waals surface area contributed by atoms with Gasteiger partial charge >= 0.3 is 6.09 Å². The molecule has 2 heterocycles. The molecule has 172 valence electrons. The lowest BCUT2D eigenvalue weighted by atomic mass is 9.86. The summed E-state index contributed by atoms with van der Waals surface area (Å²) in [7, 11) is 5.70. The van der Waals surface area contributed by atoms with Crippen LogP contribution in [0.2, 0.25) is 0 Å². The fourth-order valence-electron chi connectivity index (χ4n) is 4.23. The highest BCUT2D eigenvalue weighted by molar-refractivity contribution is 6.13. The standard InChI is InChI=1S/C25H33N3O4/c1-24(2,3)25(9-10-25)32-23(29)28-19-8-11-26-16-18(19)17-14-21(30-6)22(15-20(17)28)31-13-7-12-27(4)5/h8,11,14-16H,7,9-10,12-13H2,1-6H3. The zero-order chi connectivity index (χ0) is 23.1. The Hall–Kier alpha value is -2.80. The number of carbonyl (C=O) groups is 1. The molecule has 0 radical (unpaired) electrons. The molecular formula is C25H33N3O4. The average Bonchev–Trinajstić information content (AvgIpc) is 3.46. The van der Waals surface area contributed by atoms with Crippen LogP contribution < -0.4 is 9.47 Å². The third kappa shape index (κ3) is 4.01. The number of pyridine rings is 1. The highest BCUT2D eigenvalue weighted by atomic mass is 16.6. The van der Waals surface area contributed by atoms with Gasteiger partial charge in [0.15, 0.2) is 11.5 Å². The van der Waals surface area contributed by atoms with Crippen LogP contribution >= 0.6 is 0 Å². The van der Waals surface area contributed by atoms with Crippen molar-refractivity contribution in [3.8, 4) is 11.5 Å². The van der Waals surface area contributed by atoms with Crippen molar-refractivity contribution in [2.75, 3.05) is 34.4 Å². The molecule has 0 aliphatic heterocycles. The number of ether oxygens (including phenoxy) is 3. The smallest absolute Gasteiger partial charge is 0.419 e. The summed E-state index contributed by atoms with van der Waals surface area (Å²) in [6.07, 6.45) is 5.75. The van der Waals surface area contributed by atoms with E-state index >= 15 is 0 Å². The van der Waals surface area contributed by atoms with E-state index in [0.29, 0.717) is 18.1 Å². The molecule has 1 aliphatic rings. The van der Waals surface area contributed by atoms with E-state index in [2.05, 4.69) is 30.7 Å². The van der Waals surface area contributed by atoms with Gasteiger partial charge in [-0.25, -0.2) is 9.36 Å². The maximum atomic E-state index is 13.5. The summed E-state index contributed by atoms with van der Waals surface area (Å²) in [6.45, 7) is 7.84. The highest BCUT2D eigenvalue weighted by Gasteiger charge is 2.56. The Labute approximate surface area is 189 Å². The van der Waals surface area contributed by atoms with Gasteiger partial charge in [0.05, 0.1) is 24.8 Å². The molecule has 32 heavy (non-hydrogen) atoms. The number of benzene rings is 1. The molecule has 1 aliphatic carbocycles. The third-order valence-corrected chi connectivity index (χ3v) is 6.40. The zero-order valence-corrected chi connectivity index (χ0v) is 19.9. The number of hydrogen-bond donors (Lipinski definition) is 0. The molecule has 0 spiro atoms. The number of rotatable bonds is 7. The van der Waals surface area contributed by atoms with E-state index in [0.717, 1.165) is 47.6 Å². The molecule has 1 fully saturated rings. The lowest BCUT2D eigenvalue weighted by Crippen LogP contribution is -2.35. The minimum Gasteiger partial charge on any atom is -0.493 e. The fourth-order valence-corrected chi connectivity index (χ4v) is 4.23. The van der Waals surface area contributed by atoms with Gasteiger partial charge in [-0.15, -0.1) is 0 Å². The SMILES string of the molecule is COc1cc2c3cnccc3n(C(=O)OC3(C(C)(C)C)CC3)c2cc1OCCCN(C)C. The molecule has 3 aromatic rings. The molecule has 1 aromatic carbocycles. The van der Waals surface area contributed by atoms with E-state index in [9.17, 15) is 4.79 Å². The van der Waals surface area contributed by atoms with Gasteiger partial charge in [-0.2, -0.15) is 0 Å². The van der Waals surface area contributed by atoms with E-state index in [1.165, 1.54) is 0 Å². The van der Waals surface area contributed by atoms with Crippen LogP contribution in [-0.4, -0.2) is 60.5 Å². The van der Waals surface area contributed by atoms with Crippen molar-refractivity contribution in [3.05, 3.63) is 30.6 Å². The molecule has 0 atom stereocenters. The first-order valence-corrected chi connectivity index (χ1v) is 11.1. The summed E-state index contributed by atoms with van der Waals surface area (Å²) in [4.78, 5) is 19.9. The number of fused-ring (bicyclic) bond motifs is 3. The van der Waals surface area contributed by atoms with E-state index in [-0.39, 0.29) is 11.5 Å². The minimum absolute atomic E-state index is 0.118. The monoisotopic (exact) mass is 439 g/mol. The van der Waals surface area contributed by atoms with Crippen LogP contribution in [0.15, 0.2) is 30.6 Å². The normalized spacial score (nSPS) is 15.3. The third-order valence-electron chi connectivity index (χ3n) is 6.40. The van der Waals surface area contributed by atoms with E-state index in [4.69, 9.17) is 14.2 Å². The van der Waals surface area contributed by atoms with Gasteiger partial charge < -0.3 is 19.1 Å². The molecule has 7 heteroatoms. The maximum Gasteiger partial charge on any atom is 0.419 e. The molecule has 0 bridgehead atoms. The number of carbonyl (C=O) groups excluding carboxylic acids is 1. The van der Waals surface area contributed by atoms with Gasteiger partial charge in [-0.05, 0) is 45.5 Å². The van der Waals surface area contributed by atoms with E-state index in [1.807, 2.05) is 32.3 Å². The Balaban J connectivity index is 1.77. The summed E-state index contributed by atoms with van der Waals surface area (Å²) in [6, 6.07) is 5.64. The number of nitrogens with zero attached hydrogens (tertiary/aromatic N) is 3. The van der Waals surface area contributed by atoms with Gasteiger partial charge in [0.25, 0.3) is 0 Å². The second-order valence-corrected chi connectivity index (χ2v) is 9.87. The first-order valence-electron chi connectivity index (χ1n) is 11.1. The van der Waals surface area contributed by atoms with Crippen molar-refractivity contribution < 1.29 is 19.0 Å². The number of hydrogen-bond acceptors (Lipinski definition) is 6. The van der Waals surface area contributed by atoms with Gasteiger partial charge in [0.1, 0.15) is 5.60 Å². The van der Waals surface area contributed by atoms with Crippen molar-refractivity contribution in [3.63, 3.8) is 0 Å². The van der Waals surface area contributed by atoms with Crippen LogP contribution in [0.5, 0.6) is 11.5 Å². The zero-order valence-electron chi connectivity index (χ0n) is 19.9. The maximum absolute atomic E-state index is 13.5. The molecular weight excluding hydrogens is 406 g/mol. The molecule has 0 unspecified atom stereocenters. The molecule has 1 saturated carbocycles. The predicted octanol–water partition coefficient (Wildman–Crippen LogP) is 5.09. The summed E-state index contributed by atoms with van der Waals surface area (Å²) < 4.78 is 19.4. The summed E-state index contributed by atoms with van der Waals surface area (Å²) in [5.74, 6) is 1.24. The Morgan fingerprint density at radius 3 is 2.53 bits per heavy atom. The molecule has 0 amide bonds. The van der Waals surface area contributed by atoms with Crippen LogP contribution in [-0.2, 0) is 4.74 Å². The topological polar surface area (TPSA) is 65.8 Å². The highest BCUT2D eigenvalue weighted by Crippen LogP contribution is 2.53. The summed E-state index contributed by atoms with van der Waals surface area (Å²) in [5.41, 5.74) is 0.952. The van der Waals surface area contributed by atoms with Crippen molar-refractivity contribution in [1.82, 2.24) is 14.5 Å². The predicted molar refractivity (Wildman–Crippen MR) is 126 cm³/mol. The van der Waals surface area contributed by atoms with Gasteiger partial charge in [0, 0.05) is 41.2 Å². The van der Waals surface area contributed by atoms with Crippen LogP contribution in [0.1, 0.15) is 40.0 Å². The Morgan fingerprint density at radius 1 is 1.16 bits per heavy atom. The van der Waals surface area contributed by atoms with Crippen molar-refractivity contribution in [1.29, 1.82) is 0 Å². The van der Waals surface area contributed by atoms with Crippen LogP contribution in [0.4, 0.5) is 4.79 Å².